The van der Waals surface area contributed by atoms with Crippen LogP contribution in [-0.4, -0.2) is 17.8 Å². The van der Waals surface area contributed by atoms with E-state index < -0.39 is 52.5 Å². The number of hydrogen-bond donors (Lipinski definition) is 4. The largest absolute Gasteiger partial charge is 0.456 e. The van der Waals surface area contributed by atoms with Crippen LogP contribution in [0.25, 0.3) is 0 Å². The first-order valence-electron chi connectivity index (χ1n) is 11.5. The maximum atomic E-state index is 14.2. The first-order chi connectivity index (χ1) is 18.3. The van der Waals surface area contributed by atoms with Gasteiger partial charge in [-0.2, -0.15) is 13.2 Å². The van der Waals surface area contributed by atoms with Crippen LogP contribution < -0.4 is 26.9 Å². The topological polar surface area (TPSA) is 132 Å². The molecule has 8 nitrogen and oxygen atoms in total. The molecule has 0 heterocycles. The van der Waals surface area contributed by atoms with Crippen LogP contribution in [0.4, 0.5) is 27.6 Å². The number of carbonyl (C=O) groups excluding carboxylic acids is 2. The van der Waals surface area contributed by atoms with Gasteiger partial charge in [0.2, 0.25) is 5.96 Å². The van der Waals surface area contributed by atoms with E-state index in [4.69, 9.17) is 16.2 Å². The summed E-state index contributed by atoms with van der Waals surface area (Å²) in [5.74, 6) is -4.67. The number of hydrazone groups is 1. The van der Waals surface area contributed by atoms with E-state index in [1.807, 2.05) is 5.43 Å². The number of hydrogen-bond acceptors (Lipinski definition) is 4. The van der Waals surface area contributed by atoms with Gasteiger partial charge in [-0.3, -0.25) is 9.59 Å². The Hall–Kier alpha value is -4.68. The second kappa shape index (κ2) is 10.6. The third-order valence-electron chi connectivity index (χ3n) is 5.83. The maximum absolute atomic E-state index is 14.2. The van der Waals surface area contributed by atoms with Crippen molar-refractivity contribution in [3.63, 3.8) is 0 Å². The lowest BCUT2D eigenvalue weighted by molar-refractivity contribution is -0.138. The molecule has 1 aliphatic carbocycles. The second-order valence-corrected chi connectivity index (χ2v) is 8.85. The number of halogens is 5. The SMILES string of the molecule is Cc1cc(F)ccc1Oc1cc(C(F)(F)F)c(C2CC2)cc1C(=O)Nc1ccc(F)c(C(=O)NN=C(N)N)c1. The monoisotopic (exact) mass is 547 g/mol. The zero-order valence-corrected chi connectivity index (χ0v) is 20.3. The number of guanidine groups is 1. The van der Waals surface area contributed by atoms with E-state index in [1.165, 1.54) is 13.0 Å². The highest BCUT2D eigenvalue weighted by molar-refractivity contribution is 6.07. The van der Waals surface area contributed by atoms with Crippen molar-refractivity contribution >= 4 is 23.5 Å². The van der Waals surface area contributed by atoms with Gasteiger partial charge in [0.05, 0.1) is 16.7 Å². The molecule has 204 valence electrons. The fraction of sp³-hybridized carbons (Fsp3) is 0.192. The first-order valence-corrected chi connectivity index (χ1v) is 11.5. The quantitative estimate of drug-likeness (QED) is 0.141. The molecule has 0 atom stereocenters. The molecule has 3 aromatic carbocycles. The molecule has 0 bridgehead atoms. The van der Waals surface area contributed by atoms with E-state index in [-0.39, 0.29) is 34.0 Å². The van der Waals surface area contributed by atoms with Gasteiger partial charge in [-0.15, -0.1) is 5.10 Å². The van der Waals surface area contributed by atoms with Crippen molar-refractivity contribution in [2.45, 2.75) is 31.9 Å². The third kappa shape index (κ3) is 6.43. The number of ether oxygens (including phenoxy) is 1. The van der Waals surface area contributed by atoms with Crippen LogP contribution in [-0.2, 0) is 6.18 Å². The van der Waals surface area contributed by atoms with Gasteiger partial charge in [-0.05, 0) is 85.3 Å². The highest BCUT2D eigenvalue weighted by Crippen LogP contribution is 2.48. The Morgan fingerprint density at radius 3 is 2.28 bits per heavy atom. The van der Waals surface area contributed by atoms with E-state index in [9.17, 15) is 31.5 Å². The molecule has 0 saturated heterocycles. The van der Waals surface area contributed by atoms with Crippen LogP contribution in [0.2, 0.25) is 0 Å². The molecule has 0 aliphatic heterocycles. The molecule has 0 spiro atoms. The summed E-state index contributed by atoms with van der Waals surface area (Å²) in [6.45, 7) is 1.49. The van der Waals surface area contributed by atoms with Gasteiger partial charge in [0.1, 0.15) is 23.1 Å². The van der Waals surface area contributed by atoms with E-state index in [0.717, 1.165) is 42.5 Å². The first kappa shape index (κ1) is 27.4. The highest BCUT2D eigenvalue weighted by Gasteiger charge is 2.40. The predicted molar refractivity (Wildman–Crippen MR) is 132 cm³/mol. The van der Waals surface area contributed by atoms with Crippen LogP contribution in [0.1, 0.15) is 56.2 Å². The molecule has 0 radical (unpaired) electrons. The number of aryl methyl sites for hydroxylation is 1. The Kier molecular flexibility index (Phi) is 7.43. The summed E-state index contributed by atoms with van der Waals surface area (Å²) in [5.41, 5.74) is 10.7. The predicted octanol–water partition coefficient (Wildman–Crippen LogP) is 5.13. The van der Waals surface area contributed by atoms with Crippen molar-refractivity contribution in [2.24, 2.45) is 16.6 Å². The van der Waals surface area contributed by atoms with Gasteiger partial charge in [-0.1, -0.05) is 0 Å². The molecule has 39 heavy (non-hydrogen) atoms. The zero-order chi connectivity index (χ0) is 28.5. The fourth-order valence-electron chi connectivity index (χ4n) is 3.83. The molecule has 1 saturated carbocycles. The minimum absolute atomic E-state index is 0.0400. The van der Waals surface area contributed by atoms with E-state index in [1.54, 1.807) is 0 Å². The molecule has 2 amide bonds. The molecule has 13 heteroatoms. The normalized spacial score (nSPS) is 13.0. The molecule has 1 aliphatic rings. The van der Waals surface area contributed by atoms with Crippen molar-refractivity contribution in [3.05, 3.63) is 88.0 Å². The van der Waals surface area contributed by atoms with Gasteiger partial charge in [0, 0.05) is 5.69 Å². The van der Waals surface area contributed by atoms with E-state index in [0.29, 0.717) is 12.8 Å². The fourth-order valence-corrected chi connectivity index (χ4v) is 3.83. The minimum Gasteiger partial charge on any atom is -0.456 e. The smallest absolute Gasteiger partial charge is 0.416 e. The van der Waals surface area contributed by atoms with Gasteiger partial charge in [-0.25, -0.2) is 14.2 Å². The number of nitrogens with two attached hydrogens (primary N) is 2. The van der Waals surface area contributed by atoms with Crippen LogP contribution in [0, 0.1) is 18.6 Å². The van der Waals surface area contributed by atoms with E-state index in [2.05, 4.69) is 10.4 Å². The number of nitrogens with one attached hydrogen (secondary N) is 2. The lowest BCUT2D eigenvalue weighted by Gasteiger charge is -2.19. The van der Waals surface area contributed by atoms with Crippen LogP contribution in [0.5, 0.6) is 11.5 Å². The highest BCUT2D eigenvalue weighted by atomic mass is 19.4. The maximum Gasteiger partial charge on any atom is 0.416 e. The Bertz CT molecular complexity index is 1480. The Morgan fingerprint density at radius 2 is 1.67 bits per heavy atom. The van der Waals surface area contributed by atoms with Crippen molar-refractivity contribution in [1.29, 1.82) is 0 Å². The Balaban J connectivity index is 1.74. The lowest BCUT2D eigenvalue weighted by Crippen LogP contribution is -2.29. The van der Waals surface area contributed by atoms with Gasteiger partial charge in [0.25, 0.3) is 11.8 Å². The molecule has 6 N–H and O–H groups in total. The summed E-state index contributed by atoms with van der Waals surface area (Å²) >= 11 is 0. The Morgan fingerprint density at radius 1 is 0.949 bits per heavy atom. The zero-order valence-electron chi connectivity index (χ0n) is 20.3. The number of alkyl halides is 3. The summed E-state index contributed by atoms with van der Waals surface area (Å²) < 4.78 is 75.3. The summed E-state index contributed by atoms with van der Waals surface area (Å²) in [7, 11) is 0. The van der Waals surface area contributed by atoms with Crippen LogP contribution in [0.15, 0.2) is 53.6 Å². The minimum atomic E-state index is -4.72. The standard InChI is InChI=1S/C26H22F5N5O3/c1-12-8-14(27)4-7-21(12)39-22-11-19(26(29,30)31)16(13-2-3-13)10-18(22)23(37)34-15-5-6-20(28)17(9-15)24(38)35-36-25(32)33/h4-11,13H,2-3H2,1H3,(H,34,37)(H,35,38)(H4,32,33,36). The number of rotatable bonds is 7. The summed E-state index contributed by atoms with van der Waals surface area (Å²) in [5, 5.41) is 5.74. The number of carbonyl (C=O) groups is 2. The van der Waals surface area contributed by atoms with Crippen LogP contribution in [0.3, 0.4) is 0 Å². The summed E-state index contributed by atoms with van der Waals surface area (Å²) in [6.07, 6.45) is -3.68. The molecule has 0 aromatic heterocycles. The van der Waals surface area contributed by atoms with Crippen molar-refractivity contribution in [1.82, 2.24) is 5.43 Å². The van der Waals surface area contributed by atoms with Gasteiger partial charge >= 0.3 is 6.18 Å². The molecule has 0 unspecified atom stereocenters. The summed E-state index contributed by atoms with van der Waals surface area (Å²) in [6, 6.07) is 8.34. The third-order valence-corrected chi connectivity index (χ3v) is 5.83. The average Bonchev–Trinajstić information content (AvgIpc) is 3.70. The summed E-state index contributed by atoms with van der Waals surface area (Å²) in [4.78, 5) is 25.5. The van der Waals surface area contributed by atoms with Crippen molar-refractivity contribution in [2.75, 3.05) is 5.32 Å². The van der Waals surface area contributed by atoms with Gasteiger partial charge < -0.3 is 21.5 Å². The number of nitrogens with zero attached hydrogens (tertiary/aromatic N) is 1. The van der Waals surface area contributed by atoms with E-state index >= 15 is 0 Å². The molecular weight excluding hydrogens is 525 g/mol. The molecule has 1 fully saturated rings. The second-order valence-electron chi connectivity index (χ2n) is 8.85. The van der Waals surface area contributed by atoms with Gasteiger partial charge in [0.15, 0.2) is 0 Å². The number of amides is 2. The van der Waals surface area contributed by atoms with Crippen LogP contribution >= 0.6 is 0 Å². The lowest BCUT2D eigenvalue weighted by atomic mass is 9.98. The number of benzene rings is 3. The van der Waals surface area contributed by atoms with Crippen molar-refractivity contribution < 1.29 is 36.3 Å². The molecule has 3 aromatic rings. The molecular formula is C26H22F5N5O3. The Labute approximate surface area is 218 Å². The average molecular weight is 547 g/mol. The molecule has 4 rings (SSSR count). The number of anilines is 1. The van der Waals surface area contributed by atoms with Crippen molar-refractivity contribution in [3.8, 4) is 11.5 Å².